The van der Waals surface area contributed by atoms with Crippen LogP contribution in [-0.2, 0) is 14.8 Å². The Morgan fingerprint density at radius 2 is 1.59 bits per heavy atom. The van der Waals surface area contributed by atoms with Crippen LogP contribution in [0.15, 0.2) is 53.4 Å². The van der Waals surface area contributed by atoms with E-state index in [9.17, 15) is 18.0 Å². The zero-order valence-electron chi connectivity index (χ0n) is 15.4. The Balaban J connectivity index is 2.08. The number of benzene rings is 2. The van der Waals surface area contributed by atoms with Crippen molar-refractivity contribution in [2.45, 2.75) is 31.7 Å². The largest absolute Gasteiger partial charge is 0.355 e. The van der Waals surface area contributed by atoms with Gasteiger partial charge in [0.25, 0.3) is 15.9 Å². The molecule has 0 aliphatic carbocycles. The number of sulfonamides is 1. The zero-order valence-corrected chi connectivity index (χ0v) is 16.3. The van der Waals surface area contributed by atoms with E-state index in [0.717, 1.165) is 5.56 Å². The molecule has 0 fully saturated rings. The summed E-state index contributed by atoms with van der Waals surface area (Å²) in [6, 6.07) is 11.8. The van der Waals surface area contributed by atoms with Crippen molar-refractivity contribution >= 4 is 27.5 Å². The standard InChI is InChI=1S/C19H23N3O4S/c1-4-20-18(23)14(3)21-19(24)15-7-11-17(12-8-15)27(25,26)22-16-9-5-13(2)6-10-16/h5-12,14,22H,4H2,1-3H3,(H,20,23)(H,21,24)/t14-/m1/s1. The van der Waals surface area contributed by atoms with Gasteiger partial charge < -0.3 is 10.6 Å². The lowest BCUT2D eigenvalue weighted by Crippen LogP contribution is -2.44. The average Bonchev–Trinajstić information content (AvgIpc) is 2.63. The molecular formula is C19H23N3O4S. The Bertz CT molecular complexity index is 907. The molecular weight excluding hydrogens is 366 g/mol. The lowest BCUT2D eigenvalue weighted by atomic mass is 10.2. The summed E-state index contributed by atoms with van der Waals surface area (Å²) in [6.45, 7) is 5.75. The van der Waals surface area contributed by atoms with Crippen LogP contribution in [0.5, 0.6) is 0 Å². The molecule has 3 N–H and O–H groups in total. The van der Waals surface area contributed by atoms with E-state index in [0.29, 0.717) is 12.2 Å². The minimum atomic E-state index is -3.76. The van der Waals surface area contributed by atoms with Gasteiger partial charge in [-0.25, -0.2) is 8.42 Å². The number of anilines is 1. The molecule has 1 atom stereocenters. The van der Waals surface area contributed by atoms with Crippen LogP contribution in [0.1, 0.15) is 29.8 Å². The average molecular weight is 389 g/mol. The summed E-state index contributed by atoms with van der Waals surface area (Å²) in [5, 5.41) is 5.18. The van der Waals surface area contributed by atoms with Gasteiger partial charge in [-0.1, -0.05) is 17.7 Å². The summed E-state index contributed by atoms with van der Waals surface area (Å²) >= 11 is 0. The fourth-order valence-corrected chi connectivity index (χ4v) is 3.35. The van der Waals surface area contributed by atoms with E-state index in [1.54, 1.807) is 38.1 Å². The number of nitrogens with one attached hydrogen (secondary N) is 3. The predicted octanol–water partition coefficient (Wildman–Crippen LogP) is 2.05. The van der Waals surface area contributed by atoms with Gasteiger partial charge >= 0.3 is 0 Å². The van der Waals surface area contributed by atoms with Crippen molar-refractivity contribution in [2.24, 2.45) is 0 Å². The molecule has 144 valence electrons. The maximum Gasteiger partial charge on any atom is 0.261 e. The maximum atomic E-state index is 12.4. The monoisotopic (exact) mass is 389 g/mol. The third kappa shape index (κ3) is 5.55. The van der Waals surface area contributed by atoms with E-state index >= 15 is 0 Å². The fourth-order valence-electron chi connectivity index (χ4n) is 2.29. The number of likely N-dealkylation sites (N-methyl/N-ethyl adjacent to an activating group) is 1. The second-order valence-electron chi connectivity index (χ2n) is 6.09. The first-order valence-corrected chi connectivity index (χ1v) is 9.99. The highest BCUT2D eigenvalue weighted by Gasteiger charge is 2.18. The summed E-state index contributed by atoms with van der Waals surface area (Å²) in [5.41, 5.74) is 1.74. The van der Waals surface area contributed by atoms with Crippen LogP contribution >= 0.6 is 0 Å². The van der Waals surface area contributed by atoms with Crippen LogP contribution < -0.4 is 15.4 Å². The van der Waals surface area contributed by atoms with Crippen molar-refractivity contribution in [3.05, 3.63) is 59.7 Å². The van der Waals surface area contributed by atoms with E-state index < -0.39 is 22.0 Å². The Morgan fingerprint density at radius 3 is 2.15 bits per heavy atom. The van der Waals surface area contributed by atoms with Crippen molar-refractivity contribution in [2.75, 3.05) is 11.3 Å². The molecule has 8 heteroatoms. The summed E-state index contributed by atoms with van der Waals surface area (Å²) in [7, 11) is -3.76. The number of carbonyl (C=O) groups excluding carboxylic acids is 2. The minimum absolute atomic E-state index is 0.0383. The molecule has 0 saturated heterocycles. The van der Waals surface area contributed by atoms with Gasteiger partial charge in [-0.05, 0) is 57.2 Å². The second-order valence-corrected chi connectivity index (χ2v) is 7.77. The lowest BCUT2D eigenvalue weighted by molar-refractivity contribution is -0.122. The van der Waals surface area contributed by atoms with Gasteiger partial charge in [-0.15, -0.1) is 0 Å². The second kappa shape index (κ2) is 8.68. The number of carbonyl (C=O) groups is 2. The number of rotatable bonds is 7. The van der Waals surface area contributed by atoms with Crippen molar-refractivity contribution < 1.29 is 18.0 Å². The molecule has 2 amide bonds. The van der Waals surface area contributed by atoms with Crippen LogP contribution in [0.3, 0.4) is 0 Å². The van der Waals surface area contributed by atoms with Gasteiger partial charge in [0.05, 0.1) is 4.90 Å². The summed E-state index contributed by atoms with van der Waals surface area (Å²) in [4.78, 5) is 23.9. The lowest BCUT2D eigenvalue weighted by Gasteiger charge is -2.13. The van der Waals surface area contributed by atoms with E-state index in [4.69, 9.17) is 0 Å². The molecule has 2 aromatic rings. The Hall–Kier alpha value is -2.87. The molecule has 2 rings (SSSR count). The topological polar surface area (TPSA) is 104 Å². The molecule has 0 aliphatic rings. The maximum absolute atomic E-state index is 12.4. The van der Waals surface area contributed by atoms with Gasteiger partial charge in [-0.2, -0.15) is 0 Å². The van der Waals surface area contributed by atoms with E-state index in [1.807, 2.05) is 6.92 Å². The smallest absolute Gasteiger partial charge is 0.261 e. The predicted molar refractivity (Wildman–Crippen MR) is 104 cm³/mol. The first kappa shape index (κ1) is 20.4. The fraction of sp³-hybridized carbons (Fsp3) is 0.263. The molecule has 0 spiro atoms. The molecule has 0 saturated carbocycles. The Kier molecular flexibility index (Phi) is 6.57. The van der Waals surface area contributed by atoms with E-state index in [1.165, 1.54) is 24.3 Å². The van der Waals surface area contributed by atoms with Crippen molar-refractivity contribution in [3.63, 3.8) is 0 Å². The van der Waals surface area contributed by atoms with Gasteiger partial charge in [0, 0.05) is 17.8 Å². The third-order valence-corrected chi connectivity index (χ3v) is 5.22. The first-order valence-electron chi connectivity index (χ1n) is 8.51. The van der Waals surface area contributed by atoms with E-state index in [2.05, 4.69) is 15.4 Å². The summed E-state index contributed by atoms with van der Waals surface area (Å²) < 4.78 is 27.4. The highest BCUT2D eigenvalue weighted by molar-refractivity contribution is 7.92. The van der Waals surface area contributed by atoms with E-state index in [-0.39, 0.29) is 16.4 Å². The normalized spacial score (nSPS) is 12.1. The molecule has 27 heavy (non-hydrogen) atoms. The van der Waals surface area contributed by atoms with Crippen LogP contribution in [0.25, 0.3) is 0 Å². The molecule has 0 bridgehead atoms. The third-order valence-electron chi connectivity index (χ3n) is 3.82. The molecule has 7 nitrogen and oxygen atoms in total. The summed E-state index contributed by atoms with van der Waals surface area (Å²) in [5.74, 6) is -0.739. The van der Waals surface area contributed by atoms with Gasteiger partial charge in [0.2, 0.25) is 5.91 Å². The molecule has 0 heterocycles. The van der Waals surface area contributed by atoms with Gasteiger partial charge in [0.1, 0.15) is 6.04 Å². The highest BCUT2D eigenvalue weighted by atomic mass is 32.2. The SMILES string of the molecule is CCNC(=O)[C@@H](C)NC(=O)c1ccc(S(=O)(=O)Nc2ccc(C)cc2)cc1. The molecule has 0 aromatic heterocycles. The Labute approximate surface area is 159 Å². The molecule has 2 aromatic carbocycles. The Morgan fingerprint density at radius 1 is 1.00 bits per heavy atom. The van der Waals surface area contributed by atoms with Crippen molar-refractivity contribution in [1.82, 2.24) is 10.6 Å². The van der Waals surface area contributed by atoms with Gasteiger partial charge in [0.15, 0.2) is 0 Å². The number of hydrogen-bond acceptors (Lipinski definition) is 4. The first-order chi connectivity index (χ1) is 12.7. The quantitative estimate of drug-likeness (QED) is 0.674. The number of amides is 2. The highest BCUT2D eigenvalue weighted by Crippen LogP contribution is 2.17. The van der Waals surface area contributed by atoms with Crippen LogP contribution in [0.4, 0.5) is 5.69 Å². The summed E-state index contributed by atoms with van der Waals surface area (Å²) in [6.07, 6.45) is 0. The van der Waals surface area contributed by atoms with Crippen LogP contribution in [0, 0.1) is 6.92 Å². The number of aryl methyl sites for hydroxylation is 1. The van der Waals surface area contributed by atoms with Crippen molar-refractivity contribution in [3.8, 4) is 0 Å². The van der Waals surface area contributed by atoms with Crippen LogP contribution in [0.2, 0.25) is 0 Å². The van der Waals surface area contributed by atoms with Crippen LogP contribution in [-0.4, -0.2) is 32.8 Å². The van der Waals surface area contributed by atoms with Gasteiger partial charge in [-0.3, -0.25) is 14.3 Å². The van der Waals surface area contributed by atoms with Crippen molar-refractivity contribution in [1.29, 1.82) is 0 Å². The molecule has 0 unspecified atom stereocenters. The molecule has 0 radical (unpaired) electrons. The molecule has 0 aliphatic heterocycles. The number of hydrogen-bond donors (Lipinski definition) is 3. The zero-order chi connectivity index (χ0) is 20.0. The minimum Gasteiger partial charge on any atom is -0.355 e.